The van der Waals surface area contributed by atoms with Crippen LogP contribution in [0.1, 0.15) is 25.3 Å². The first kappa shape index (κ1) is 16.8. The van der Waals surface area contributed by atoms with Gasteiger partial charge in [-0.1, -0.05) is 0 Å². The lowest BCUT2D eigenvalue weighted by Crippen LogP contribution is -2.46. The van der Waals surface area contributed by atoms with Crippen LogP contribution in [0.3, 0.4) is 0 Å². The molecule has 1 unspecified atom stereocenters. The van der Waals surface area contributed by atoms with Crippen LogP contribution < -0.4 is 9.64 Å². The van der Waals surface area contributed by atoms with Crippen molar-refractivity contribution < 1.29 is 31.1 Å². The molecule has 0 amide bonds. The molecule has 2 nitrogen and oxygen atoms in total. The van der Waals surface area contributed by atoms with E-state index < -0.39 is 42.7 Å². The lowest BCUT2D eigenvalue weighted by Gasteiger charge is -2.40. The molecule has 0 N–H and O–H groups in total. The van der Waals surface area contributed by atoms with Crippen LogP contribution in [0, 0.1) is 12.7 Å². The molecule has 8 heteroatoms. The molecule has 1 aliphatic rings. The third-order valence-electron chi connectivity index (χ3n) is 3.69. The second kappa shape index (κ2) is 5.55. The van der Waals surface area contributed by atoms with Crippen molar-refractivity contribution >= 4 is 5.69 Å². The second-order valence-corrected chi connectivity index (χ2v) is 5.42. The fourth-order valence-corrected chi connectivity index (χ4v) is 2.72. The van der Waals surface area contributed by atoms with E-state index in [1.165, 1.54) is 18.7 Å². The largest absolute Gasteiger partial charge is 0.573 e. The molecule has 0 radical (unpaired) electrons. The molecular weight excluding hydrogens is 312 g/mol. The smallest absolute Gasteiger partial charge is 0.405 e. The Kier molecular flexibility index (Phi) is 4.23. The molecule has 0 aliphatic carbocycles. The summed E-state index contributed by atoms with van der Waals surface area (Å²) in [4.78, 5) is 1.37. The van der Waals surface area contributed by atoms with Crippen molar-refractivity contribution in [2.75, 3.05) is 11.4 Å². The average Bonchev–Trinajstić information content (AvgIpc) is 2.33. The fraction of sp³-hybridized carbons (Fsp3) is 0.571. The summed E-state index contributed by atoms with van der Waals surface area (Å²) >= 11 is 0. The summed E-state index contributed by atoms with van der Waals surface area (Å²) in [6.45, 7) is 2.63. The predicted octanol–water partition coefficient (Wildman–Crippen LogP) is 4.66. The van der Waals surface area contributed by atoms with Crippen LogP contribution in [0.15, 0.2) is 12.1 Å². The maximum absolute atomic E-state index is 14.0. The minimum atomic E-state index is -4.90. The number of halogens is 6. The van der Waals surface area contributed by atoms with Gasteiger partial charge in [-0.15, -0.1) is 13.2 Å². The van der Waals surface area contributed by atoms with Gasteiger partial charge in [0.25, 0.3) is 5.92 Å². The third-order valence-corrected chi connectivity index (χ3v) is 3.69. The summed E-state index contributed by atoms with van der Waals surface area (Å²) in [6.07, 6.45) is -5.85. The number of piperidine rings is 1. The maximum Gasteiger partial charge on any atom is 0.573 e. The number of ether oxygens (including phenoxy) is 1. The van der Waals surface area contributed by atoms with Gasteiger partial charge in [-0.3, -0.25) is 0 Å². The first-order valence-corrected chi connectivity index (χ1v) is 6.69. The van der Waals surface area contributed by atoms with Gasteiger partial charge in [0.2, 0.25) is 0 Å². The molecular formula is C14H15F6NO. The Labute approximate surface area is 123 Å². The molecule has 0 spiro atoms. The predicted molar refractivity (Wildman–Crippen MR) is 68.8 cm³/mol. The standard InChI is InChI=1S/C14H15F6NO/c1-8-7-13(16,17)5-6-21(8)12-9(2)11(4-3-10(12)15)22-14(18,19)20/h3-4,8H,5-7H2,1-2H3. The third kappa shape index (κ3) is 3.59. The number of hydrogen-bond acceptors (Lipinski definition) is 2. The van der Waals surface area contributed by atoms with Gasteiger partial charge in [-0.2, -0.15) is 0 Å². The van der Waals surface area contributed by atoms with Crippen LogP contribution in [0.5, 0.6) is 5.75 Å². The van der Waals surface area contributed by atoms with Crippen molar-refractivity contribution in [3.8, 4) is 5.75 Å². The van der Waals surface area contributed by atoms with Crippen LogP contribution in [-0.4, -0.2) is 24.9 Å². The fourth-order valence-electron chi connectivity index (χ4n) is 2.72. The van der Waals surface area contributed by atoms with Gasteiger partial charge in [-0.05, 0) is 26.0 Å². The number of anilines is 1. The highest BCUT2D eigenvalue weighted by Crippen LogP contribution is 2.40. The van der Waals surface area contributed by atoms with Crippen molar-refractivity contribution in [2.24, 2.45) is 0 Å². The van der Waals surface area contributed by atoms with Crippen LogP contribution >= 0.6 is 0 Å². The number of hydrogen-bond donors (Lipinski definition) is 0. The molecule has 0 bridgehead atoms. The maximum atomic E-state index is 14.0. The zero-order valence-electron chi connectivity index (χ0n) is 12.0. The van der Waals surface area contributed by atoms with E-state index in [4.69, 9.17) is 0 Å². The molecule has 0 aromatic heterocycles. The molecule has 1 fully saturated rings. The van der Waals surface area contributed by atoms with E-state index in [0.29, 0.717) is 0 Å². The monoisotopic (exact) mass is 327 g/mol. The highest BCUT2D eigenvalue weighted by Gasteiger charge is 2.40. The van der Waals surface area contributed by atoms with Gasteiger partial charge in [0.15, 0.2) is 0 Å². The molecule has 1 atom stereocenters. The van der Waals surface area contributed by atoms with Crippen LogP contribution in [0.2, 0.25) is 0 Å². The molecule has 124 valence electrons. The van der Waals surface area contributed by atoms with E-state index in [1.54, 1.807) is 0 Å². The van der Waals surface area contributed by atoms with Crippen molar-refractivity contribution in [3.63, 3.8) is 0 Å². The molecule has 1 aliphatic heterocycles. The average molecular weight is 327 g/mol. The molecule has 1 heterocycles. The number of alkyl halides is 5. The molecule has 1 aromatic rings. The molecule has 1 aromatic carbocycles. The zero-order chi connectivity index (χ0) is 16.7. The Morgan fingerprint density at radius 3 is 2.45 bits per heavy atom. The van der Waals surface area contributed by atoms with E-state index in [0.717, 1.165) is 12.1 Å². The van der Waals surface area contributed by atoms with Gasteiger partial charge in [0, 0.05) is 31.0 Å². The zero-order valence-corrected chi connectivity index (χ0v) is 12.0. The molecule has 2 rings (SSSR count). The summed E-state index contributed by atoms with van der Waals surface area (Å²) in [6, 6.07) is 1.03. The van der Waals surface area contributed by atoms with Crippen molar-refractivity contribution in [1.29, 1.82) is 0 Å². The summed E-state index contributed by atoms with van der Waals surface area (Å²) in [5.74, 6) is -4.14. The summed E-state index contributed by atoms with van der Waals surface area (Å²) in [5.41, 5.74) is -0.181. The lowest BCUT2D eigenvalue weighted by atomic mass is 9.97. The van der Waals surface area contributed by atoms with Crippen molar-refractivity contribution in [1.82, 2.24) is 0 Å². The lowest BCUT2D eigenvalue weighted by molar-refractivity contribution is -0.274. The van der Waals surface area contributed by atoms with Gasteiger partial charge >= 0.3 is 6.36 Å². The van der Waals surface area contributed by atoms with E-state index in [-0.39, 0.29) is 17.8 Å². The molecule has 1 saturated heterocycles. The Morgan fingerprint density at radius 1 is 1.27 bits per heavy atom. The van der Waals surface area contributed by atoms with E-state index in [9.17, 15) is 26.3 Å². The highest BCUT2D eigenvalue weighted by atomic mass is 19.4. The van der Waals surface area contributed by atoms with E-state index in [2.05, 4.69) is 4.74 Å². The van der Waals surface area contributed by atoms with E-state index in [1.807, 2.05) is 0 Å². The summed E-state index contributed by atoms with van der Waals surface area (Å²) in [7, 11) is 0. The molecule has 22 heavy (non-hydrogen) atoms. The van der Waals surface area contributed by atoms with Crippen LogP contribution in [0.25, 0.3) is 0 Å². The van der Waals surface area contributed by atoms with Crippen molar-refractivity contribution in [3.05, 3.63) is 23.5 Å². The van der Waals surface area contributed by atoms with Crippen LogP contribution in [0.4, 0.5) is 32.0 Å². The quantitative estimate of drug-likeness (QED) is 0.733. The molecule has 0 saturated carbocycles. The first-order valence-electron chi connectivity index (χ1n) is 6.69. The minimum absolute atomic E-state index is 0.0607. The minimum Gasteiger partial charge on any atom is -0.405 e. The number of benzene rings is 1. The topological polar surface area (TPSA) is 12.5 Å². The second-order valence-electron chi connectivity index (χ2n) is 5.42. The Bertz CT molecular complexity index is 557. The number of nitrogens with zero attached hydrogens (tertiary/aromatic N) is 1. The van der Waals surface area contributed by atoms with E-state index >= 15 is 0 Å². The van der Waals surface area contributed by atoms with Gasteiger partial charge in [-0.25, -0.2) is 13.2 Å². The normalized spacial score (nSPS) is 21.8. The van der Waals surface area contributed by atoms with Gasteiger partial charge in [0.05, 0.1) is 5.69 Å². The van der Waals surface area contributed by atoms with Gasteiger partial charge < -0.3 is 9.64 Å². The van der Waals surface area contributed by atoms with Crippen molar-refractivity contribution in [2.45, 2.75) is 45.0 Å². The summed E-state index contributed by atoms with van der Waals surface area (Å²) < 4.78 is 81.6. The highest BCUT2D eigenvalue weighted by molar-refractivity contribution is 5.60. The Hall–Kier alpha value is -1.60. The van der Waals surface area contributed by atoms with Crippen LogP contribution in [-0.2, 0) is 0 Å². The first-order chi connectivity index (χ1) is 10.0. The Balaban J connectivity index is 2.36. The van der Waals surface area contributed by atoms with Gasteiger partial charge in [0.1, 0.15) is 11.6 Å². The summed E-state index contributed by atoms with van der Waals surface area (Å²) in [5, 5.41) is 0. The Morgan fingerprint density at radius 2 is 1.91 bits per heavy atom. The SMILES string of the molecule is Cc1c(OC(F)(F)F)ccc(F)c1N1CCC(F)(F)CC1C. The number of rotatable bonds is 2.